The molecule has 1 aliphatic rings. The Balaban J connectivity index is 1.45. The summed E-state index contributed by atoms with van der Waals surface area (Å²) in [7, 11) is 2.06. The van der Waals surface area contributed by atoms with Crippen molar-refractivity contribution in [3.8, 4) is 6.07 Å². The van der Waals surface area contributed by atoms with E-state index in [9.17, 15) is 14.4 Å². The molecule has 0 aliphatic carbocycles. The van der Waals surface area contributed by atoms with E-state index < -0.39 is 12.0 Å². The van der Waals surface area contributed by atoms with Crippen molar-refractivity contribution >= 4 is 5.91 Å². The predicted octanol–water partition coefficient (Wildman–Crippen LogP) is 5.02. The van der Waals surface area contributed by atoms with Crippen LogP contribution < -0.4 is 0 Å². The first-order chi connectivity index (χ1) is 16.6. The normalized spacial score (nSPS) is 17.8. The molecular weight excluding hydrogens is 425 g/mol. The van der Waals surface area contributed by atoms with Crippen molar-refractivity contribution in [1.82, 2.24) is 9.80 Å². The van der Waals surface area contributed by atoms with Crippen LogP contribution in [0.5, 0.6) is 0 Å². The number of halogens is 1. The summed E-state index contributed by atoms with van der Waals surface area (Å²) in [6.07, 6.45) is 2.44. The maximum absolute atomic E-state index is 13.8. The third-order valence-electron chi connectivity index (χ3n) is 6.74. The molecule has 4 rings (SSSR count). The third kappa shape index (κ3) is 5.52. The van der Waals surface area contributed by atoms with Gasteiger partial charge in [0.05, 0.1) is 12.0 Å². The third-order valence-corrected chi connectivity index (χ3v) is 6.74. The number of nitriles is 1. The van der Waals surface area contributed by atoms with Gasteiger partial charge in [0, 0.05) is 12.6 Å². The zero-order chi connectivity index (χ0) is 23.9. The average molecular weight is 456 g/mol. The molecule has 1 fully saturated rings. The molecule has 0 bridgehead atoms. The van der Waals surface area contributed by atoms with E-state index in [0.29, 0.717) is 13.0 Å². The van der Waals surface area contributed by atoms with Gasteiger partial charge < -0.3 is 9.80 Å². The summed E-state index contributed by atoms with van der Waals surface area (Å²) in [6, 6.07) is 28.3. The van der Waals surface area contributed by atoms with Gasteiger partial charge in [0.2, 0.25) is 5.91 Å². The standard InChI is InChI=1S/C29H30FN3O/c1-32(18-8-9-22-14-16-25(30)17-15-22)27-19-26(20-31)33(21-27)29(34)28(23-10-4-2-5-11-23)24-12-6-3-7-13-24/h2-7,10-17,26-28H,8-9,18-19,21H2,1H3. The highest BCUT2D eigenvalue weighted by atomic mass is 19.1. The molecule has 2 atom stereocenters. The molecule has 4 nitrogen and oxygen atoms in total. The van der Waals surface area contributed by atoms with E-state index in [-0.39, 0.29) is 17.8 Å². The molecule has 5 heteroatoms. The molecule has 1 amide bonds. The summed E-state index contributed by atoms with van der Waals surface area (Å²) in [4.78, 5) is 17.9. The summed E-state index contributed by atoms with van der Waals surface area (Å²) in [5.41, 5.74) is 2.99. The molecule has 0 N–H and O–H groups in total. The molecule has 3 aromatic carbocycles. The molecule has 34 heavy (non-hydrogen) atoms. The summed E-state index contributed by atoms with van der Waals surface area (Å²) >= 11 is 0. The Labute approximate surface area is 201 Å². The molecule has 0 radical (unpaired) electrons. The number of hydrogen-bond acceptors (Lipinski definition) is 3. The van der Waals surface area contributed by atoms with Crippen LogP contribution in [0.1, 0.15) is 35.4 Å². The minimum atomic E-state index is -0.438. The SMILES string of the molecule is CN(CCCc1ccc(F)cc1)C1CC(C#N)N(C(=O)C(c2ccccc2)c2ccccc2)C1. The van der Waals surface area contributed by atoms with Gasteiger partial charge in [0.1, 0.15) is 11.9 Å². The monoisotopic (exact) mass is 455 g/mol. The number of benzene rings is 3. The molecular formula is C29H30FN3O. The molecule has 0 aromatic heterocycles. The lowest BCUT2D eigenvalue weighted by Crippen LogP contribution is -2.41. The first-order valence-corrected chi connectivity index (χ1v) is 11.8. The van der Waals surface area contributed by atoms with E-state index in [1.54, 1.807) is 4.90 Å². The highest BCUT2D eigenvalue weighted by Gasteiger charge is 2.40. The Kier molecular flexibility index (Phi) is 7.72. The lowest BCUT2D eigenvalue weighted by atomic mass is 9.90. The van der Waals surface area contributed by atoms with Crippen molar-refractivity contribution in [2.24, 2.45) is 0 Å². The van der Waals surface area contributed by atoms with Gasteiger partial charge in [0.15, 0.2) is 0 Å². The summed E-state index contributed by atoms with van der Waals surface area (Å²) in [5, 5.41) is 9.86. The molecule has 0 spiro atoms. The Morgan fingerprint density at radius 1 is 1.03 bits per heavy atom. The molecule has 1 heterocycles. The number of aryl methyl sites for hydroxylation is 1. The van der Waals surface area contributed by atoms with Gasteiger partial charge in [-0.25, -0.2) is 4.39 Å². The fraction of sp³-hybridized carbons (Fsp3) is 0.310. The second-order valence-corrected chi connectivity index (χ2v) is 8.99. The summed E-state index contributed by atoms with van der Waals surface area (Å²) < 4.78 is 13.1. The second-order valence-electron chi connectivity index (χ2n) is 8.99. The maximum Gasteiger partial charge on any atom is 0.235 e. The van der Waals surface area contributed by atoms with Crippen LogP contribution >= 0.6 is 0 Å². The first-order valence-electron chi connectivity index (χ1n) is 11.8. The van der Waals surface area contributed by atoms with Gasteiger partial charge in [-0.05, 0) is 61.7 Å². The van der Waals surface area contributed by atoms with Gasteiger partial charge in [-0.15, -0.1) is 0 Å². The van der Waals surface area contributed by atoms with Crippen LogP contribution in [0.4, 0.5) is 4.39 Å². The maximum atomic E-state index is 13.8. The molecule has 1 aliphatic heterocycles. The predicted molar refractivity (Wildman–Crippen MR) is 132 cm³/mol. The molecule has 174 valence electrons. The number of likely N-dealkylation sites (N-methyl/N-ethyl adjacent to an activating group) is 1. The van der Waals surface area contributed by atoms with Crippen molar-refractivity contribution in [2.75, 3.05) is 20.1 Å². The van der Waals surface area contributed by atoms with Crippen molar-refractivity contribution in [3.63, 3.8) is 0 Å². The number of nitrogens with zero attached hydrogens (tertiary/aromatic N) is 3. The summed E-state index contributed by atoms with van der Waals surface area (Å²) in [6.45, 7) is 1.39. The van der Waals surface area contributed by atoms with Crippen LogP contribution in [0, 0.1) is 17.1 Å². The molecule has 1 saturated heterocycles. The Morgan fingerprint density at radius 3 is 2.18 bits per heavy atom. The lowest BCUT2D eigenvalue weighted by molar-refractivity contribution is -0.132. The highest BCUT2D eigenvalue weighted by molar-refractivity contribution is 5.88. The number of carbonyl (C=O) groups excluding carboxylic acids is 1. The van der Waals surface area contributed by atoms with Crippen LogP contribution in [0.3, 0.4) is 0 Å². The topological polar surface area (TPSA) is 47.3 Å². The number of carbonyl (C=O) groups is 1. The first kappa shape index (κ1) is 23.7. The van der Waals surface area contributed by atoms with Gasteiger partial charge in [-0.2, -0.15) is 5.26 Å². The minimum Gasteiger partial charge on any atom is -0.324 e. The Bertz CT molecular complexity index is 1070. The Morgan fingerprint density at radius 2 is 1.62 bits per heavy atom. The lowest BCUT2D eigenvalue weighted by Gasteiger charge is -2.28. The van der Waals surface area contributed by atoms with Crippen molar-refractivity contribution in [3.05, 3.63) is 107 Å². The molecule has 0 saturated carbocycles. The number of rotatable bonds is 8. The number of amides is 1. The van der Waals surface area contributed by atoms with E-state index in [0.717, 1.165) is 36.1 Å². The molecule has 2 unspecified atom stereocenters. The van der Waals surface area contributed by atoms with Crippen molar-refractivity contribution in [1.29, 1.82) is 5.26 Å². The second kappa shape index (κ2) is 11.1. The van der Waals surface area contributed by atoms with E-state index in [1.165, 1.54) is 12.1 Å². The van der Waals surface area contributed by atoms with E-state index in [4.69, 9.17) is 0 Å². The zero-order valence-electron chi connectivity index (χ0n) is 19.5. The van der Waals surface area contributed by atoms with Crippen LogP contribution in [0.15, 0.2) is 84.9 Å². The number of likely N-dealkylation sites (tertiary alicyclic amines) is 1. The van der Waals surface area contributed by atoms with Gasteiger partial charge in [-0.1, -0.05) is 72.8 Å². The number of hydrogen-bond donors (Lipinski definition) is 0. The van der Waals surface area contributed by atoms with E-state index in [2.05, 4.69) is 18.0 Å². The van der Waals surface area contributed by atoms with Crippen molar-refractivity contribution in [2.45, 2.75) is 37.3 Å². The van der Waals surface area contributed by atoms with Crippen LogP contribution in [-0.4, -0.2) is 47.9 Å². The van der Waals surface area contributed by atoms with Gasteiger partial charge in [-0.3, -0.25) is 4.79 Å². The van der Waals surface area contributed by atoms with Crippen LogP contribution in [0.2, 0.25) is 0 Å². The smallest absolute Gasteiger partial charge is 0.235 e. The van der Waals surface area contributed by atoms with Crippen molar-refractivity contribution < 1.29 is 9.18 Å². The quantitative estimate of drug-likeness (QED) is 0.479. The van der Waals surface area contributed by atoms with Gasteiger partial charge in [0.25, 0.3) is 0 Å². The van der Waals surface area contributed by atoms with E-state index >= 15 is 0 Å². The summed E-state index contributed by atoms with van der Waals surface area (Å²) in [5.74, 6) is -0.671. The van der Waals surface area contributed by atoms with Crippen LogP contribution in [-0.2, 0) is 11.2 Å². The van der Waals surface area contributed by atoms with E-state index in [1.807, 2.05) is 72.8 Å². The zero-order valence-corrected chi connectivity index (χ0v) is 19.5. The van der Waals surface area contributed by atoms with Crippen LogP contribution in [0.25, 0.3) is 0 Å². The fourth-order valence-electron chi connectivity index (χ4n) is 4.80. The fourth-order valence-corrected chi connectivity index (χ4v) is 4.80. The highest BCUT2D eigenvalue weighted by Crippen LogP contribution is 2.31. The molecule has 3 aromatic rings. The minimum absolute atomic E-state index is 0.0221. The van der Waals surface area contributed by atoms with Gasteiger partial charge >= 0.3 is 0 Å². The average Bonchev–Trinajstić information content (AvgIpc) is 3.31. The Hall–Kier alpha value is -3.49. The largest absolute Gasteiger partial charge is 0.324 e.